The molecule has 5 nitrogen and oxygen atoms in total. The van der Waals surface area contributed by atoms with Crippen LogP contribution in [0.15, 0.2) is 63.8 Å². The predicted molar refractivity (Wildman–Crippen MR) is 95.5 cm³/mol. The molecule has 3 aromatic rings. The lowest BCUT2D eigenvalue weighted by molar-refractivity contribution is -0.127. The third-order valence-corrected chi connectivity index (χ3v) is 4.01. The van der Waals surface area contributed by atoms with E-state index in [0.29, 0.717) is 11.3 Å². The number of amides is 1. The van der Waals surface area contributed by atoms with Crippen molar-refractivity contribution in [1.82, 2.24) is 5.32 Å². The maximum atomic E-state index is 13.0. The number of nitrogens with one attached hydrogen (secondary N) is 1. The van der Waals surface area contributed by atoms with Gasteiger partial charge in [0, 0.05) is 17.5 Å². The summed E-state index contributed by atoms with van der Waals surface area (Å²) in [7, 11) is 0. The van der Waals surface area contributed by atoms with Crippen LogP contribution in [0.5, 0.6) is 5.75 Å². The number of hydrogen-bond acceptors (Lipinski definition) is 4. The molecule has 0 unspecified atom stereocenters. The van der Waals surface area contributed by atoms with E-state index in [1.54, 1.807) is 43.3 Å². The van der Waals surface area contributed by atoms with Gasteiger partial charge in [0.15, 0.2) is 6.10 Å². The Morgan fingerprint density at radius 1 is 1.08 bits per heavy atom. The van der Waals surface area contributed by atoms with Crippen LogP contribution >= 0.6 is 0 Å². The molecule has 1 aromatic heterocycles. The van der Waals surface area contributed by atoms with Crippen LogP contribution in [0.2, 0.25) is 0 Å². The van der Waals surface area contributed by atoms with Gasteiger partial charge in [-0.25, -0.2) is 9.18 Å². The summed E-state index contributed by atoms with van der Waals surface area (Å²) in [4.78, 5) is 23.6. The van der Waals surface area contributed by atoms with Crippen LogP contribution < -0.4 is 15.7 Å². The molecule has 134 valence electrons. The number of ether oxygens (including phenoxy) is 1. The first-order valence-electron chi connectivity index (χ1n) is 8.19. The van der Waals surface area contributed by atoms with Crippen LogP contribution in [0, 0.1) is 5.82 Å². The van der Waals surface area contributed by atoms with Crippen LogP contribution in [0.25, 0.3) is 11.0 Å². The number of fused-ring (bicyclic) bond motifs is 1. The van der Waals surface area contributed by atoms with E-state index in [0.717, 1.165) is 10.9 Å². The average molecular weight is 355 g/mol. The van der Waals surface area contributed by atoms with Crippen molar-refractivity contribution in [3.63, 3.8) is 0 Å². The van der Waals surface area contributed by atoms with Crippen molar-refractivity contribution in [1.29, 1.82) is 0 Å². The third-order valence-electron chi connectivity index (χ3n) is 4.01. The highest BCUT2D eigenvalue weighted by Gasteiger charge is 2.18. The lowest BCUT2D eigenvalue weighted by Gasteiger charge is -2.19. The molecule has 0 aliphatic heterocycles. The highest BCUT2D eigenvalue weighted by molar-refractivity contribution is 5.81. The average Bonchev–Trinajstić information content (AvgIpc) is 2.61. The molecule has 0 aliphatic carbocycles. The molecule has 1 N–H and O–H groups in total. The van der Waals surface area contributed by atoms with Crippen LogP contribution in [0.4, 0.5) is 4.39 Å². The number of halogens is 1. The maximum Gasteiger partial charge on any atom is 0.336 e. The standard InChI is InChI=1S/C20H18FNO4/c1-12(14-3-7-16(21)8-4-14)22-20(24)13(2)25-17-9-5-15-6-10-19(23)26-18(15)11-17/h3-13H,1-2H3,(H,22,24)/t12-,13+/m0/s1. The summed E-state index contributed by atoms with van der Waals surface area (Å²) < 4.78 is 23.7. The number of rotatable bonds is 5. The Kier molecular flexibility index (Phi) is 5.02. The van der Waals surface area contributed by atoms with Crippen LogP contribution in [-0.4, -0.2) is 12.0 Å². The van der Waals surface area contributed by atoms with Crippen molar-refractivity contribution in [3.05, 3.63) is 76.4 Å². The van der Waals surface area contributed by atoms with Crippen LogP contribution in [0.3, 0.4) is 0 Å². The van der Waals surface area contributed by atoms with Gasteiger partial charge in [-0.2, -0.15) is 0 Å². The molecule has 0 radical (unpaired) electrons. The summed E-state index contributed by atoms with van der Waals surface area (Å²) in [6, 6.07) is 13.7. The number of carbonyl (C=O) groups is 1. The Balaban J connectivity index is 1.67. The molecule has 2 atom stereocenters. The lowest BCUT2D eigenvalue weighted by Crippen LogP contribution is -2.37. The van der Waals surface area contributed by atoms with E-state index >= 15 is 0 Å². The monoisotopic (exact) mass is 355 g/mol. The number of benzene rings is 2. The summed E-state index contributed by atoms with van der Waals surface area (Å²) in [5.41, 5.74) is 0.732. The van der Waals surface area contributed by atoms with E-state index in [9.17, 15) is 14.0 Å². The third kappa shape index (κ3) is 4.08. The largest absolute Gasteiger partial charge is 0.481 e. The van der Waals surface area contributed by atoms with Gasteiger partial charge in [-0.3, -0.25) is 4.79 Å². The SMILES string of the molecule is C[C@H](NC(=O)[C@@H](C)Oc1ccc2ccc(=O)oc2c1)c1ccc(F)cc1. The van der Waals surface area contributed by atoms with E-state index < -0.39 is 11.7 Å². The van der Waals surface area contributed by atoms with E-state index in [-0.39, 0.29) is 17.8 Å². The molecule has 26 heavy (non-hydrogen) atoms. The molecule has 0 spiro atoms. The Morgan fingerprint density at radius 3 is 2.50 bits per heavy atom. The second-order valence-electron chi connectivity index (χ2n) is 6.00. The Labute approximate surface area is 149 Å². The summed E-state index contributed by atoms with van der Waals surface area (Å²) >= 11 is 0. The van der Waals surface area contributed by atoms with Gasteiger partial charge in [-0.05, 0) is 49.7 Å². The molecule has 0 saturated carbocycles. The van der Waals surface area contributed by atoms with Gasteiger partial charge in [-0.1, -0.05) is 12.1 Å². The summed E-state index contributed by atoms with van der Waals surface area (Å²) in [6.45, 7) is 3.43. The summed E-state index contributed by atoms with van der Waals surface area (Å²) in [6.07, 6.45) is -0.759. The zero-order valence-electron chi connectivity index (χ0n) is 14.4. The first kappa shape index (κ1) is 17.7. The fourth-order valence-electron chi connectivity index (χ4n) is 2.54. The highest BCUT2D eigenvalue weighted by Crippen LogP contribution is 2.21. The van der Waals surface area contributed by atoms with Crippen molar-refractivity contribution in [3.8, 4) is 5.75 Å². The topological polar surface area (TPSA) is 68.5 Å². The highest BCUT2D eigenvalue weighted by atomic mass is 19.1. The van der Waals surface area contributed by atoms with Gasteiger partial charge in [0.25, 0.3) is 5.91 Å². The molecular formula is C20H18FNO4. The smallest absolute Gasteiger partial charge is 0.336 e. The molecule has 1 amide bonds. The normalized spacial score (nSPS) is 13.2. The second-order valence-corrected chi connectivity index (χ2v) is 6.00. The van der Waals surface area contributed by atoms with Crippen LogP contribution in [-0.2, 0) is 4.79 Å². The Hall–Kier alpha value is -3.15. The Morgan fingerprint density at radius 2 is 1.77 bits per heavy atom. The fraction of sp³-hybridized carbons (Fsp3) is 0.200. The van der Waals surface area contributed by atoms with Crippen molar-refractivity contribution in [2.75, 3.05) is 0 Å². The molecule has 1 heterocycles. The van der Waals surface area contributed by atoms with Gasteiger partial charge in [0.1, 0.15) is 17.1 Å². The zero-order chi connectivity index (χ0) is 18.7. The quantitative estimate of drug-likeness (QED) is 0.711. The Bertz CT molecular complexity index is 981. The van der Waals surface area contributed by atoms with Crippen molar-refractivity contribution >= 4 is 16.9 Å². The molecule has 0 fully saturated rings. The fourth-order valence-corrected chi connectivity index (χ4v) is 2.54. The minimum absolute atomic E-state index is 0.288. The second kappa shape index (κ2) is 7.39. The molecule has 0 saturated heterocycles. The van der Waals surface area contributed by atoms with Gasteiger partial charge in [0.05, 0.1) is 6.04 Å². The minimum atomic E-state index is -0.759. The number of hydrogen-bond donors (Lipinski definition) is 1. The van der Waals surface area contributed by atoms with E-state index in [4.69, 9.17) is 9.15 Å². The molecular weight excluding hydrogens is 337 g/mol. The van der Waals surface area contributed by atoms with E-state index in [1.165, 1.54) is 18.2 Å². The zero-order valence-corrected chi connectivity index (χ0v) is 14.4. The van der Waals surface area contributed by atoms with Gasteiger partial charge < -0.3 is 14.5 Å². The van der Waals surface area contributed by atoms with Gasteiger partial charge in [0.2, 0.25) is 0 Å². The maximum absolute atomic E-state index is 13.0. The summed E-state index contributed by atoms with van der Waals surface area (Å²) in [5, 5.41) is 3.59. The first-order valence-corrected chi connectivity index (χ1v) is 8.19. The van der Waals surface area contributed by atoms with Crippen molar-refractivity contribution in [2.24, 2.45) is 0 Å². The first-order chi connectivity index (χ1) is 12.4. The van der Waals surface area contributed by atoms with Gasteiger partial charge in [-0.15, -0.1) is 0 Å². The molecule has 2 aromatic carbocycles. The van der Waals surface area contributed by atoms with E-state index in [1.807, 2.05) is 6.92 Å². The van der Waals surface area contributed by atoms with Crippen molar-refractivity contribution < 1.29 is 18.3 Å². The molecule has 0 bridgehead atoms. The minimum Gasteiger partial charge on any atom is -0.481 e. The predicted octanol–water partition coefficient (Wildman–Crippen LogP) is 3.58. The van der Waals surface area contributed by atoms with Crippen molar-refractivity contribution in [2.45, 2.75) is 26.0 Å². The molecule has 0 aliphatic rings. The lowest BCUT2D eigenvalue weighted by atomic mass is 10.1. The van der Waals surface area contributed by atoms with E-state index in [2.05, 4.69) is 5.32 Å². The van der Waals surface area contributed by atoms with Gasteiger partial charge >= 0.3 is 5.63 Å². The number of carbonyl (C=O) groups excluding carboxylic acids is 1. The van der Waals surface area contributed by atoms with Crippen LogP contribution in [0.1, 0.15) is 25.5 Å². The molecule has 6 heteroatoms. The summed E-state index contributed by atoms with van der Waals surface area (Å²) in [5.74, 6) is -0.215. The molecule has 3 rings (SSSR count).